The quantitative estimate of drug-likeness (QED) is 0.594. The third-order valence-corrected chi connectivity index (χ3v) is 3.90. The average Bonchev–Trinajstić information content (AvgIpc) is 2.45. The minimum Gasteiger partial charge on any atom is -0.504 e. The highest BCUT2D eigenvalue weighted by Crippen LogP contribution is 2.25. The summed E-state index contributed by atoms with van der Waals surface area (Å²) in [6, 6.07) is 4.00. The summed E-state index contributed by atoms with van der Waals surface area (Å²) in [6.45, 7) is 1.96. The molecule has 0 aliphatic carbocycles. The fourth-order valence-electron chi connectivity index (χ4n) is 2.50. The first kappa shape index (κ1) is 15.6. The summed E-state index contributed by atoms with van der Waals surface area (Å²) in [5, 5.41) is 21.7. The van der Waals surface area contributed by atoms with E-state index in [9.17, 15) is 15.0 Å². The Bertz CT molecular complexity index is 499. The molecule has 0 spiro atoms. The fourth-order valence-corrected chi connectivity index (χ4v) is 2.50. The number of carbonyl (C=O) groups excluding carboxylic acids is 1. The van der Waals surface area contributed by atoms with Crippen LogP contribution in [0.2, 0.25) is 0 Å². The molecule has 1 aromatic rings. The standard InChI is InChI=1S/C15H23N3O3/c1-18-6-4-11(5-7-18)17-15(21)12(16)8-10-2-3-13(19)14(20)9-10/h2-3,9,11-12,19-20H,4-8,16H2,1H3,(H,17,21)/t12-/m0/s1. The number of likely N-dealkylation sites (tertiary alicyclic amines) is 1. The SMILES string of the molecule is CN1CCC(NC(=O)[C@@H](N)Cc2ccc(O)c(O)c2)CC1. The predicted octanol–water partition coefficient (Wildman–Crippen LogP) is 0.178. The van der Waals surface area contributed by atoms with E-state index in [4.69, 9.17) is 5.73 Å². The van der Waals surface area contributed by atoms with E-state index in [-0.39, 0.29) is 23.4 Å². The molecule has 0 saturated carbocycles. The van der Waals surface area contributed by atoms with Crippen molar-refractivity contribution in [1.82, 2.24) is 10.2 Å². The van der Waals surface area contributed by atoms with Crippen LogP contribution in [-0.4, -0.2) is 53.2 Å². The van der Waals surface area contributed by atoms with Crippen molar-refractivity contribution in [2.45, 2.75) is 31.3 Å². The van der Waals surface area contributed by atoms with Gasteiger partial charge in [0.1, 0.15) is 0 Å². The maximum Gasteiger partial charge on any atom is 0.237 e. The zero-order valence-electron chi connectivity index (χ0n) is 12.2. The Labute approximate surface area is 124 Å². The Hall–Kier alpha value is -1.79. The van der Waals surface area contributed by atoms with Crippen molar-refractivity contribution in [1.29, 1.82) is 0 Å². The van der Waals surface area contributed by atoms with Gasteiger partial charge in [-0.05, 0) is 57.1 Å². The summed E-state index contributed by atoms with van der Waals surface area (Å²) in [7, 11) is 2.07. The van der Waals surface area contributed by atoms with Gasteiger partial charge in [0.25, 0.3) is 0 Å². The van der Waals surface area contributed by atoms with Crippen molar-refractivity contribution in [3.8, 4) is 11.5 Å². The van der Waals surface area contributed by atoms with E-state index in [1.165, 1.54) is 12.1 Å². The van der Waals surface area contributed by atoms with E-state index in [0.717, 1.165) is 31.5 Å². The van der Waals surface area contributed by atoms with Crippen LogP contribution in [0.15, 0.2) is 18.2 Å². The third-order valence-electron chi connectivity index (χ3n) is 3.90. The molecule has 1 aromatic carbocycles. The molecule has 1 fully saturated rings. The third kappa shape index (κ3) is 4.34. The number of nitrogens with two attached hydrogens (primary N) is 1. The average molecular weight is 293 g/mol. The molecule has 116 valence electrons. The minimum absolute atomic E-state index is 0.169. The molecule has 6 nitrogen and oxygen atoms in total. The Morgan fingerprint density at radius 3 is 2.67 bits per heavy atom. The maximum absolute atomic E-state index is 12.1. The Kier molecular flexibility index (Phi) is 5.03. The Morgan fingerprint density at radius 2 is 2.05 bits per heavy atom. The van der Waals surface area contributed by atoms with E-state index in [0.29, 0.717) is 6.42 Å². The first-order chi connectivity index (χ1) is 9.95. The van der Waals surface area contributed by atoms with Crippen LogP contribution in [0.1, 0.15) is 18.4 Å². The Balaban J connectivity index is 1.86. The molecule has 1 aliphatic rings. The van der Waals surface area contributed by atoms with Gasteiger partial charge in [0.15, 0.2) is 11.5 Å². The zero-order valence-corrected chi connectivity index (χ0v) is 12.2. The van der Waals surface area contributed by atoms with Gasteiger partial charge < -0.3 is 26.2 Å². The minimum atomic E-state index is -0.659. The van der Waals surface area contributed by atoms with Gasteiger partial charge in [-0.25, -0.2) is 0 Å². The number of hydrogen-bond acceptors (Lipinski definition) is 5. The Morgan fingerprint density at radius 1 is 1.38 bits per heavy atom. The molecule has 0 radical (unpaired) electrons. The van der Waals surface area contributed by atoms with Gasteiger partial charge in [0.05, 0.1) is 6.04 Å². The maximum atomic E-state index is 12.1. The molecule has 1 heterocycles. The van der Waals surface area contributed by atoms with Gasteiger partial charge in [0.2, 0.25) is 5.91 Å². The molecule has 1 saturated heterocycles. The number of nitrogens with zero attached hydrogens (tertiary/aromatic N) is 1. The monoisotopic (exact) mass is 293 g/mol. The molecular weight excluding hydrogens is 270 g/mol. The lowest BCUT2D eigenvalue weighted by Gasteiger charge is -2.30. The van der Waals surface area contributed by atoms with Crippen LogP contribution in [-0.2, 0) is 11.2 Å². The lowest BCUT2D eigenvalue weighted by molar-refractivity contribution is -0.123. The molecular formula is C15H23N3O3. The number of phenols is 2. The lowest BCUT2D eigenvalue weighted by Crippen LogP contribution is -2.49. The molecule has 5 N–H and O–H groups in total. The van der Waals surface area contributed by atoms with E-state index >= 15 is 0 Å². The molecule has 21 heavy (non-hydrogen) atoms. The van der Waals surface area contributed by atoms with Gasteiger partial charge in [-0.15, -0.1) is 0 Å². The van der Waals surface area contributed by atoms with Crippen molar-refractivity contribution in [3.63, 3.8) is 0 Å². The van der Waals surface area contributed by atoms with Gasteiger partial charge >= 0.3 is 0 Å². The van der Waals surface area contributed by atoms with Crippen molar-refractivity contribution >= 4 is 5.91 Å². The number of amides is 1. The number of phenolic OH excluding ortho intramolecular Hbond substituents is 2. The normalized spacial score (nSPS) is 18.4. The van der Waals surface area contributed by atoms with Gasteiger partial charge in [-0.1, -0.05) is 6.07 Å². The molecule has 1 aliphatic heterocycles. The number of hydrogen-bond donors (Lipinski definition) is 4. The van der Waals surface area contributed by atoms with E-state index in [1.54, 1.807) is 6.07 Å². The number of rotatable bonds is 4. The number of carbonyl (C=O) groups is 1. The second-order valence-electron chi connectivity index (χ2n) is 5.72. The van der Waals surface area contributed by atoms with E-state index in [1.807, 2.05) is 0 Å². The van der Waals surface area contributed by atoms with Crippen molar-refractivity contribution in [2.24, 2.45) is 5.73 Å². The smallest absolute Gasteiger partial charge is 0.237 e. The highest BCUT2D eigenvalue weighted by Gasteiger charge is 2.21. The predicted molar refractivity (Wildman–Crippen MR) is 80.1 cm³/mol. The second kappa shape index (κ2) is 6.78. The first-order valence-corrected chi connectivity index (χ1v) is 7.21. The summed E-state index contributed by atoms with van der Waals surface area (Å²) in [6.07, 6.45) is 2.20. The van der Waals surface area contributed by atoms with Crippen LogP contribution in [0.3, 0.4) is 0 Å². The largest absolute Gasteiger partial charge is 0.504 e. The molecule has 0 aromatic heterocycles. The first-order valence-electron chi connectivity index (χ1n) is 7.21. The number of piperidine rings is 1. The summed E-state index contributed by atoms with van der Waals surface area (Å²) in [4.78, 5) is 14.3. The second-order valence-corrected chi connectivity index (χ2v) is 5.72. The topological polar surface area (TPSA) is 98.8 Å². The number of benzene rings is 1. The summed E-state index contributed by atoms with van der Waals surface area (Å²) >= 11 is 0. The summed E-state index contributed by atoms with van der Waals surface area (Å²) < 4.78 is 0. The molecule has 1 atom stereocenters. The van der Waals surface area contributed by atoms with Crippen LogP contribution < -0.4 is 11.1 Å². The van der Waals surface area contributed by atoms with Crippen molar-refractivity contribution in [2.75, 3.05) is 20.1 Å². The molecule has 6 heteroatoms. The molecule has 0 unspecified atom stereocenters. The van der Waals surface area contributed by atoms with Crippen molar-refractivity contribution < 1.29 is 15.0 Å². The van der Waals surface area contributed by atoms with Crippen LogP contribution in [0, 0.1) is 0 Å². The number of nitrogens with one attached hydrogen (secondary N) is 1. The highest BCUT2D eigenvalue weighted by atomic mass is 16.3. The molecule has 2 rings (SSSR count). The van der Waals surface area contributed by atoms with Crippen LogP contribution in [0.25, 0.3) is 0 Å². The zero-order chi connectivity index (χ0) is 15.4. The fraction of sp³-hybridized carbons (Fsp3) is 0.533. The van der Waals surface area contributed by atoms with E-state index in [2.05, 4.69) is 17.3 Å². The van der Waals surface area contributed by atoms with Gasteiger partial charge in [-0.3, -0.25) is 4.79 Å². The highest BCUT2D eigenvalue weighted by molar-refractivity contribution is 5.82. The lowest BCUT2D eigenvalue weighted by atomic mass is 10.0. The number of aromatic hydroxyl groups is 2. The van der Waals surface area contributed by atoms with Crippen LogP contribution in [0.4, 0.5) is 0 Å². The summed E-state index contributed by atoms with van der Waals surface area (Å²) in [5.41, 5.74) is 6.63. The van der Waals surface area contributed by atoms with Crippen LogP contribution in [0.5, 0.6) is 11.5 Å². The van der Waals surface area contributed by atoms with Gasteiger partial charge in [-0.2, -0.15) is 0 Å². The molecule has 1 amide bonds. The van der Waals surface area contributed by atoms with Gasteiger partial charge in [0, 0.05) is 6.04 Å². The van der Waals surface area contributed by atoms with Crippen molar-refractivity contribution in [3.05, 3.63) is 23.8 Å². The van der Waals surface area contributed by atoms with E-state index < -0.39 is 6.04 Å². The van der Waals surface area contributed by atoms with Crippen LogP contribution >= 0.6 is 0 Å². The summed E-state index contributed by atoms with van der Waals surface area (Å²) in [5.74, 6) is -0.546. The molecule has 0 bridgehead atoms.